The Labute approximate surface area is 88.8 Å². The average Bonchev–Trinajstić information content (AvgIpc) is 2.53. The van der Waals surface area contributed by atoms with Gasteiger partial charge in [0.2, 0.25) is 10.0 Å². The van der Waals surface area contributed by atoms with Crippen molar-refractivity contribution in [2.24, 2.45) is 0 Å². The lowest BCUT2D eigenvalue weighted by molar-refractivity contribution is 0.584. The van der Waals surface area contributed by atoms with Gasteiger partial charge in [-0.05, 0) is 6.42 Å². The van der Waals surface area contributed by atoms with Crippen molar-refractivity contribution in [1.29, 1.82) is 0 Å². The SMILES string of the molecule is CS(=O)(=O)NCCC(S)c1ncc[nH]1. The Hall–Kier alpha value is -0.530. The summed E-state index contributed by atoms with van der Waals surface area (Å²) >= 11 is 4.29. The van der Waals surface area contributed by atoms with E-state index in [2.05, 4.69) is 27.3 Å². The van der Waals surface area contributed by atoms with Crippen molar-refractivity contribution in [1.82, 2.24) is 14.7 Å². The van der Waals surface area contributed by atoms with Gasteiger partial charge in [0.15, 0.2) is 0 Å². The van der Waals surface area contributed by atoms with Crippen molar-refractivity contribution in [3.63, 3.8) is 0 Å². The number of sulfonamides is 1. The molecule has 0 aliphatic carbocycles. The van der Waals surface area contributed by atoms with Crippen molar-refractivity contribution < 1.29 is 8.42 Å². The van der Waals surface area contributed by atoms with Gasteiger partial charge in [0.1, 0.15) is 5.82 Å². The lowest BCUT2D eigenvalue weighted by Gasteiger charge is -2.07. The Morgan fingerprint density at radius 2 is 2.43 bits per heavy atom. The van der Waals surface area contributed by atoms with Crippen LogP contribution in [0.2, 0.25) is 0 Å². The van der Waals surface area contributed by atoms with Gasteiger partial charge in [-0.15, -0.1) is 0 Å². The third-order valence-corrected chi connectivity index (χ3v) is 2.85. The Morgan fingerprint density at radius 3 is 2.93 bits per heavy atom. The van der Waals surface area contributed by atoms with Gasteiger partial charge in [0, 0.05) is 18.9 Å². The molecule has 0 aliphatic heterocycles. The van der Waals surface area contributed by atoms with Crippen molar-refractivity contribution in [2.45, 2.75) is 11.7 Å². The topological polar surface area (TPSA) is 74.8 Å². The van der Waals surface area contributed by atoms with Gasteiger partial charge < -0.3 is 4.98 Å². The second kappa shape index (κ2) is 4.81. The molecule has 80 valence electrons. The van der Waals surface area contributed by atoms with E-state index >= 15 is 0 Å². The zero-order chi connectivity index (χ0) is 10.6. The summed E-state index contributed by atoms with van der Waals surface area (Å²) in [5.41, 5.74) is 0. The van der Waals surface area contributed by atoms with E-state index in [1.165, 1.54) is 0 Å². The maximum Gasteiger partial charge on any atom is 0.208 e. The van der Waals surface area contributed by atoms with Crippen LogP contribution < -0.4 is 4.72 Å². The zero-order valence-electron chi connectivity index (χ0n) is 7.77. The average molecular weight is 235 g/mol. The molecule has 7 heteroatoms. The summed E-state index contributed by atoms with van der Waals surface area (Å²) in [4.78, 5) is 6.94. The van der Waals surface area contributed by atoms with E-state index in [1.807, 2.05) is 0 Å². The third-order valence-electron chi connectivity index (χ3n) is 1.62. The van der Waals surface area contributed by atoms with Gasteiger partial charge in [-0.3, -0.25) is 0 Å². The predicted octanol–water partition coefficient (Wildman–Crippen LogP) is 0.320. The van der Waals surface area contributed by atoms with E-state index in [-0.39, 0.29) is 5.25 Å². The van der Waals surface area contributed by atoms with Crippen molar-refractivity contribution >= 4 is 22.7 Å². The highest BCUT2D eigenvalue weighted by Crippen LogP contribution is 2.18. The molecule has 0 aromatic carbocycles. The number of nitrogens with one attached hydrogen (secondary N) is 2. The van der Waals surface area contributed by atoms with Crippen LogP contribution in [0.3, 0.4) is 0 Å². The summed E-state index contributed by atoms with van der Waals surface area (Å²) in [6, 6.07) is 0. The standard InChI is InChI=1S/C7H13N3O2S2/c1-14(11,12)10-3-2-6(13)7-8-4-5-9-7/h4-6,10,13H,2-3H2,1H3,(H,8,9). The fourth-order valence-corrected chi connectivity index (χ4v) is 1.74. The van der Waals surface area contributed by atoms with Crippen LogP contribution in [0.15, 0.2) is 12.4 Å². The molecule has 0 saturated carbocycles. The zero-order valence-corrected chi connectivity index (χ0v) is 9.48. The monoisotopic (exact) mass is 235 g/mol. The fraction of sp³-hybridized carbons (Fsp3) is 0.571. The normalized spacial score (nSPS) is 14.1. The van der Waals surface area contributed by atoms with E-state index < -0.39 is 10.0 Å². The molecular weight excluding hydrogens is 222 g/mol. The van der Waals surface area contributed by atoms with Crippen molar-refractivity contribution in [2.75, 3.05) is 12.8 Å². The first-order valence-corrected chi connectivity index (χ1v) is 6.52. The first-order valence-electron chi connectivity index (χ1n) is 4.11. The van der Waals surface area contributed by atoms with E-state index in [0.29, 0.717) is 13.0 Å². The number of aromatic amines is 1. The number of imidazole rings is 1. The van der Waals surface area contributed by atoms with E-state index in [4.69, 9.17) is 0 Å². The van der Waals surface area contributed by atoms with E-state index in [9.17, 15) is 8.42 Å². The smallest absolute Gasteiger partial charge is 0.208 e. The summed E-state index contributed by atoms with van der Waals surface area (Å²) in [5.74, 6) is 0.753. The highest BCUT2D eigenvalue weighted by Gasteiger charge is 2.09. The number of hydrogen-bond donors (Lipinski definition) is 3. The second-order valence-corrected chi connectivity index (χ2v) is 5.40. The fourth-order valence-electron chi connectivity index (χ4n) is 0.977. The quantitative estimate of drug-likeness (QED) is 0.643. The lowest BCUT2D eigenvalue weighted by Crippen LogP contribution is -2.23. The van der Waals surface area contributed by atoms with Crippen molar-refractivity contribution in [3.8, 4) is 0 Å². The molecule has 0 spiro atoms. The number of rotatable bonds is 5. The first kappa shape index (κ1) is 11.5. The molecule has 1 aromatic heterocycles. The van der Waals surface area contributed by atoms with Gasteiger partial charge in [-0.1, -0.05) is 0 Å². The Kier molecular flexibility index (Phi) is 3.97. The summed E-state index contributed by atoms with van der Waals surface area (Å²) in [6.45, 7) is 0.369. The Bertz CT molecular complexity index is 360. The van der Waals surface area contributed by atoms with Gasteiger partial charge in [0.25, 0.3) is 0 Å². The summed E-state index contributed by atoms with van der Waals surface area (Å²) in [5, 5.41) is -0.0701. The van der Waals surface area contributed by atoms with Crippen LogP contribution in [0.5, 0.6) is 0 Å². The van der Waals surface area contributed by atoms with Gasteiger partial charge in [-0.2, -0.15) is 12.6 Å². The van der Waals surface area contributed by atoms with E-state index in [0.717, 1.165) is 12.1 Å². The largest absolute Gasteiger partial charge is 0.348 e. The van der Waals surface area contributed by atoms with Crippen LogP contribution in [-0.2, 0) is 10.0 Å². The molecule has 0 radical (unpaired) electrons. The number of hydrogen-bond acceptors (Lipinski definition) is 4. The Morgan fingerprint density at radius 1 is 1.71 bits per heavy atom. The number of H-pyrrole nitrogens is 1. The molecule has 1 atom stereocenters. The molecule has 2 N–H and O–H groups in total. The maximum atomic E-state index is 10.7. The molecule has 1 unspecified atom stereocenters. The maximum absolute atomic E-state index is 10.7. The second-order valence-electron chi connectivity index (χ2n) is 2.95. The molecule has 5 nitrogen and oxygen atoms in total. The summed E-state index contributed by atoms with van der Waals surface area (Å²) < 4.78 is 23.9. The Balaban J connectivity index is 2.33. The van der Waals surface area contributed by atoms with Crippen LogP contribution in [0.25, 0.3) is 0 Å². The highest BCUT2D eigenvalue weighted by atomic mass is 32.2. The van der Waals surface area contributed by atoms with Crippen LogP contribution in [0.1, 0.15) is 17.5 Å². The van der Waals surface area contributed by atoms with Crippen LogP contribution in [-0.4, -0.2) is 31.2 Å². The molecule has 0 amide bonds. The molecule has 0 aliphatic rings. The molecule has 0 bridgehead atoms. The van der Waals surface area contributed by atoms with Gasteiger partial charge in [-0.25, -0.2) is 18.1 Å². The molecule has 1 rings (SSSR count). The molecule has 1 heterocycles. The highest BCUT2D eigenvalue weighted by molar-refractivity contribution is 7.88. The first-order chi connectivity index (χ1) is 6.49. The summed E-state index contributed by atoms with van der Waals surface area (Å²) in [7, 11) is -3.10. The number of nitrogens with zero attached hydrogens (tertiary/aromatic N) is 1. The third kappa shape index (κ3) is 4.12. The molecule has 1 aromatic rings. The minimum absolute atomic E-state index is 0.0701. The number of aromatic nitrogens is 2. The molecular formula is C7H13N3O2S2. The van der Waals surface area contributed by atoms with E-state index in [1.54, 1.807) is 12.4 Å². The van der Waals surface area contributed by atoms with Gasteiger partial charge in [0.05, 0.1) is 11.5 Å². The molecule has 0 saturated heterocycles. The van der Waals surface area contributed by atoms with Crippen molar-refractivity contribution in [3.05, 3.63) is 18.2 Å². The lowest BCUT2D eigenvalue weighted by atomic mass is 10.3. The summed E-state index contributed by atoms with van der Waals surface area (Å²) in [6.07, 6.45) is 5.09. The van der Waals surface area contributed by atoms with Crippen LogP contribution in [0, 0.1) is 0 Å². The molecule has 0 fully saturated rings. The molecule has 14 heavy (non-hydrogen) atoms. The van der Waals surface area contributed by atoms with Crippen LogP contribution in [0.4, 0.5) is 0 Å². The van der Waals surface area contributed by atoms with Gasteiger partial charge >= 0.3 is 0 Å². The minimum atomic E-state index is -3.10. The predicted molar refractivity (Wildman–Crippen MR) is 57.8 cm³/mol. The number of thiol groups is 1. The van der Waals surface area contributed by atoms with Crippen LogP contribution >= 0.6 is 12.6 Å². The minimum Gasteiger partial charge on any atom is -0.348 e.